The van der Waals surface area contributed by atoms with Crippen molar-refractivity contribution in [3.8, 4) is 29.1 Å². The molecular formula is C27H19ClN2O5S. The number of methoxy groups -OCH3 is 2. The first-order chi connectivity index (χ1) is 17.4. The molecule has 3 aromatic carbocycles. The number of fused-ring (bicyclic) bond motifs is 2. The van der Waals surface area contributed by atoms with Crippen molar-refractivity contribution in [3.63, 3.8) is 0 Å². The van der Waals surface area contributed by atoms with Gasteiger partial charge in [0.2, 0.25) is 5.88 Å². The zero-order chi connectivity index (χ0) is 25.4. The standard InChI is InChI=1S/C27H19ClN2O5S/c1-32-14-8-10-20(33-2)18(11-14)23-16-9-7-15(12-21(16)35-26(30)19(23)13-29)34-27(31)25-24(28)17-5-3-4-6-22(17)36-25/h3-12,23H,30H2,1-2H3. The number of nitrogens with zero attached hydrogens (tertiary/aromatic N) is 1. The number of hydrogen-bond acceptors (Lipinski definition) is 8. The molecule has 4 aromatic rings. The van der Waals surface area contributed by atoms with Crippen LogP contribution in [0.25, 0.3) is 10.1 Å². The Labute approximate surface area is 215 Å². The molecule has 36 heavy (non-hydrogen) atoms. The Hall–Kier alpha value is -4.19. The molecule has 1 aromatic heterocycles. The molecule has 0 aliphatic carbocycles. The summed E-state index contributed by atoms with van der Waals surface area (Å²) in [4.78, 5) is 13.2. The topological polar surface area (TPSA) is 104 Å². The van der Waals surface area contributed by atoms with Crippen LogP contribution in [0.4, 0.5) is 0 Å². The van der Waals surface area contributed by atoms with Crippen molar-refractivity contribution in [1.82, 2.24) is 0 Å². The van der Waals surface area contributed by atoms with Crippen LogP contribution in [0.2, 0.25) is 5.02 Å². The van der Waals surface area contributed by atoms with Gasteiger partial charge in [-0.1, -0.05) is 35.9 Å². The third-order valence-corrected chi connectivity index (χ3v) is 7.52. The summed E-state index contributed by atoms with van der Waals surface area (Å²) in [5, 5.41) is 11.0. The Morgan fingerprint density at radius 3 is 2.56 bits per heavy atom. The summed E-state index contributed by atoms with van der Waals surface area (Å²) >= 11 is 7.70. The Bertz CT molecular complexity index is 1590. The minimum absolute atomic E-state index is 0.0455. The smallest absolute Gasteiger partial charge is 0.355 e. The number of carbonyl (C=O) groups excluding carboxylic acids is 1. The van der Waals surface area contributed by atoms with Crippen LogP contribution in [0.5, 0.6) is 23.0 Å². The van der Waals surface area contributed by atoms with E-state index < -0.39 is 11.9 Å². The SMILES string of the molecule is COc1ccc(OC)c(C2C(C#N)=C(N)Oc3cc(OC(=O)c4sc5ccccc5c4Cl)ccc32)c1. The van der Waals surface area contributed by atoms with Gasteiger partial charge in [0.15, 0.2) is 0 Å². The number of allylic oxidation sites excluding steroid dienone is 1. The molecule has 1 atom stereocenters. The van der Waals surface area contributed by atoms with Crippen LogP contribution < -0.4 is 24.7 Å². The maximum Gasteiger partial charge on any atom is 0.355 e. The number of benzene rings is 3. The monoisotopic (exact) mass is 518 g/mol. The van der Waals surface area contributed by atoms with Crippen molar-refractivity contribution in [2.75, 3.05) is 14.2 Å². The fourth-order valence-corrected chi connectivity index (χ4v) is 5.57. The van der Waals surface area contributed by atoms with Crippen LogP contribution in [0.3, 0.4) is 0 Å². The van der Waals surface area contributed by atoms with E-state index >= 15 is 0 Å². The molecule has 2 N–H and O–H groups in total. The summed E-state index contributed by atoms with van der Waals surface area (Å²) in [5.41, 5.74) is 7.71. The Balaban J connectivity index is 1.53. The molecule has 0 saturated carbocycles. The normalized spacial score (nSPS) is 14.6. The largest absolute Gasteiger partial charge is 0.497 e. The van der Waals surface area contributed by atoms with Gasteiger partial charge in [0.25, 0.3) is 0 Å². The van der Waals surface area contributed by atoms with Crippen LogP contribution in [0, 0.1) is 11.3 Å². The van der Waals surface area contributed by atoms with Crippen LogP contribution in [-0.4, -0.2) is 20.2 Å². The molecule has 7 nitrogen and oxygen atoms in total. The molecule has 0 bridgehead atoms. The second kappa shape index (κ2) is 9.46. The Kier molecular flexibility index (Phi) is 6.18. The van der Waals surface area contributed by atoms with Crippen molar-refractivity contribution in [1.29, 1.82) is 5.26 Å². The highest BCUT2D eigenvalue weighted by molar-refractivity contribution is 7.21. The van der Waals surface area contributed by atoms with E-state index in [0.29, 0.717) is 38.3 Å². The predicted octanol–water partition coefficient (Wildman–Crippen LogP) is 6.01. The van der Waals surface area contributed by atoms with Gasteiger partial charge < -0.3 is 24.7 Å². The first-order valence-electron chi connectivity index (χ1n) is 10.8. The minimum Gasteiger partial charge on any atom is -0.497 e. The quantitative estimate of drug-likeness (QED) is 0.255. The van der Waals surface area contributed by atoms with Crippen LogP contribution in [0.15, 0.2) is 72.1 Å². The molecule has 2 heterocycles. The number of thiophene rings is 1. The summed E-state index contributed by atoms with van der Waals surface area (Å²) < 4.78 is 23.2. The number of hydrogen-bond donors (Lipinski definition) is 1. The first-order valence-corrected chi connectivity index (χ1v) is 12.0. The van der Waals surface area contributed by atoms with Crippen LogP contribution in [0.1, 0.15) is 26.7 Å². The average molecular weight is 519 g/mol. The zero-order valence-corrected chi connectivity index (χ0v) is 20.8. The number of rotatable bonds is 5. The fourth-order valence-electron chi connectivity index (χ4n) is 4.18. The molecule has 0 fully saturated rings. The lowest BCUT2D eigenvalue weighted by molar-refractivity contribution is 0.0740. The molecular weight excluding hydrogens is 500 g/mol. The molecule has 0 radical (unpaired) electrons. The van der Waals surface area contributed by atoms with E-state index in [1.165, 1.54) is 11.3 Å². The van der Waals surface area contributed by atoms with Crippen LogP contribution >= 0.6 is 22.9 Å². The van der Waals surface area contributed by atoms with E-state index in [-0.39, 0.29) is 17.2 Å². The van der Waals surface area contributed by atoms with E-state index in [4.69, 9.17) is 36.3 Å². The van der Waals surface area contributed by atoms with Crippen molar-refractivity contribution in [3.05, 3.63) is 93.1 Å². The minimum atomic E-state index is -0.579. The molecule has 0 saturated heterocycles. The number of nitrogens with two attached hydrogens (primary N) is 1. The zero-order valence-electron chi connectivity index (χ0n) is 19.2. The highest BCUT2D eigenvalue weighted by Gasteiger charge is 2.33. The summed E-state index contributed by atoms with van der Waals surface area (Å²) in [6.07, 6.45) is 0. The predicted molar refractivity (Wildman–Crippen MR) is 137 cm³/mol. The van der Waals surface area contributed by atoms with Gasteiger partial charge in [-0.05, 0) is 30.3 Å². The number of nitriles is 1. The van der Waals surface area contributed by atoms with Gasteiger partial charge in [0, 0.05) is 27.3 Å². The summed E-state index contributed by atoms with van der Waals surface area (Å²) in [7, 11) is 3.11. The number of carbonyl (C=O) groups is 1. The van der Waals surface area contributed by atoms with Crippen LogP contribution in [-0.2, 0) is 0 Å². The van der Waals surface area contributed by atoms with Gasteiger partial charge in [0.1, 0.15) is 39.5 Å². The van der Waals surface area contributed by atoms with Gasteiger partial charge in [-0.25, -0.2) is 4.79 Å². The summed E-state index contributed by atoms with van der Waals surface area (Å²) in [6, 6.07) is 19.9. The third kappa shape index (κ3) is 3.98. The molecule has 1 unspecified atom stereocenters. The Morgan fingerprint density at radius 2 is 1.83 bits per heavy atom. The van der Waals surface area contributed by atoms with Gasteiger partial charge >= 0.3 is 5.97 Å². The van der Waals surface area contributed by atoms with E-state index in [1.807, 2.05) is 24.3 Å². The lowest BCUT2D eigenvalue weighted by Gasteiger charge is -2.28. The third-order valence-electron chi connectivity index (χ3n) is 5.87. The molecule has 0 amide bonds. The average Bonchev–Trinajstić information content (AvgIpc) is 3.24. The lowest BCUT2D eigenvalue weighted by Crippen LogP contribution is -2.21. The molecule has 5 rings (SSSR count). The van der Waals surface area contributed by atoms with Gasteiger partial charge in [-0.3, -0.25) is 0 Å². The fraction of sp³-hybridized carbons (Fsp3) is 0.111. The molecule has 1 aliphatic rings. The highest BCUT2D eigenvalue weighted by atomic mass is 35.5. The summed E-state index contributed by atoms with van der Waals surface area (Å²) in [6.45, 7) is 0. The van der Waals surface area contributed by atoms with Gasteiger partial charge in [-0.15, -0.1) is 11.3 Å². The van der Waals surface area contributed by atoms with Crippen molar-refractivity contribution < 1.29 is 23.7 Å². The van der Waals surface area contributed by atoms with Gasteiger partial charge in [-0.2, -0.15) is 5.26 Å². The molecule has 9 heteroatoms. The Morgan fingerprint density at radius 1 is 1.06 bits per heavy atom. The second-order valence-corrected chi connectivity index (χ2v) is 9.29. The second-order valence-electron chi connectivity index (χ2n) is 7.86. The molecule has 180 valence electrons. The number of ether oxygens (including phenoxy) is 4. The van der Waals surface area contributed by atoms with Crippen molar-refractivity contribution in [2.24, 2.45) is 5.73 Å². The molecule has 0 spiro atoms. The van der Waals surface area contributed by atoms with E-state index in [0.717, 1.165) is 10.1 Å². The highest BCUT2D eigenvalue weighted by Crippen LogP contribution is 2.47. The first kappa shape index (κ1) is 23.5. The van der Waals surface area contributed by atoms with Crippen molar-refractivity contribution >= 4 is 39.0 Å². The van der Waals surface area contributed by atoms with E-state index in [9.17, 15) is 10.1 Å². The summed E-state index contributed by atoms with van der Waals surface area (Å²) in [5.74, 6) is 0.557. The number of esters is 1. The maximum atomic E-state index is 12.9. The lowest BCUT2D eigenvalue weighted by atomic mass is 9.83. The maximum absolute atomic E-state index is 12.9. The number of halogens is 1. The van der Waals surface area contributed by atoms with Gasteiger partial charge in [0.05, 0.1) is 25.2 Å². The molecule has 1 aliphatic heterocycles. The van der Waals surface area contributed by atoms with E-state index in [2.05, 4.69) is 6.07 Å². The van der Waals surface area contributed by atoms with E-state index in [1.54, 1.807) is 50.6 Å². The van der Waals surface area contributed by atoms with Crippen molar-refractivity contribution in [2.45, 2.75) is 5.92 Å².